The molecule has 0 aliphatic heterocycles. The van der Waals surface area contributed by atoms with Crippen LogP contribution in [0.3, 0.4) is 0 Å². The van der Waals surface area contributed by atoms with E-state index in [4.69, 9.17) is 5.10 Å². The van der Waals surface area contributed by atoms with Gasteiger partial charge in [-0.2, -0.15) is 5.10 Å². The maximum absolute atomic E-state index is 14.2. The molecule has 4 aromatic carbocycles. The fourth-order valence-electron chi connectivity index (χ4n) is 4.97. The monoisotopic (exact) mass is 542 g/mol. The molecule has 5 aromatic rings. The molecule has 1 N–H and O–H groups in total. The van der Waals surface area contributed by atoms with E-state index in [9.17, 15) is 9.59 Å². The third-order valence-corrected chi connectivity index (χ3v) is 6.79. The fraction of sp³-hybridized carbons (Fsp3) is 0.171. The van der Waals surface area contributed by atoms with E-state index in [0.29, 0.717) is 12.4 Å². The predicted octanol–water partition coefficient (Wildman–Crippen LogP) is 6.79. The molecule has 0 atom stereocenters. The first kappa shape index (κ1) is 27.6. The molecule has 6 heteroatoms. The zero-order valence-electron chi connectivity index (χ0n) is 23.4. The van der Waals surface area contributed by atoms with E-state index in [2.05, 4.69) is 19.2 Å². The van der Waals surface area contributed by atoms with Crippen LogP contribution in [0.4, 0.5) is 5.82 Å². The van der Waals surface area contributed by atoms with Crippen molar-refractivity contribution in [3.05, 3.63) is 139 Å². The van der Waals surface area contributed by atoms with Crippen LogP contribution in [-0.4, -0.2) is 39.6 Å². The first-order chi connectivity index (χ1) is 20.0. The molecule has 0 aliphatic carbocycles. The van der Waals surface area contributed by atoms with Gasteiger partial charge in [0.15, 0.2) is 0 Å². The predicted molar refractivity (Wildman–Crippen MR) is 164 cm³/mol. The first-order valence-corrected chi connectivity index (χ1v) is 13.9. The second kappa shape index (κ2) is 12.9. The summed E-state index contributed by atoms with van der Waals surface area (Å²) in [6.07, 6.45) is 0. The number of amides is 2. The molecule has 0 bridgehead atoms. The quantitative estimate of drug-likeness (QED) is 0.211. The fourth-order valence-corrected chi connectivity index (χ4v) is 4.97. The van der Waals surface area contributed by atoms with Crippen molar-refractivity contribution in [1.29, 1.82) is 0 Å². The molecule has 0 radical (unpaired) electrons. The molecule has 41 heavy (non-hydrogen) atoms. The Kier molecular flexibility index (Phi) is 8.70. The van der Waals surface area contributed by atoms with Gasteiger partial charge in [-0.05, 0) is 29.2 Å². The summed E-state index contributed by atoms with van der Waals surface area (Å²) < 4.78 is 1.73. The molecule has 0 aliphatic rings. The molecule has 206 valence electrons. The summed E-state index contributed by atoms with van der Waals surface area (Å²) >= 11 is 0. The smallest absolute Gasteiger partial charge is 0.245 e. The zero-order valence-corrected chi connectivity index (χ0v) is 23.4. The summed E-state index contributed by atoms with van der Waals surface area (Å²) in [6.45, 7) is 4.48. The summed E-state index contributed by atoms with van der Waals surface area (Å²) in [4.78, 5) is 29.4. The van der Waals surface area contributed by atoms with Crippen LogP contribution in [-0.2, 0) is 9.59 Å². The van der Waals surface area contributed by atoms with E-state index in [1.54, 1.807) is 9.58 Å². The SMILES string of the molecule is CC(C)CN(CC(=O)Nc1cc(-c2ccccc2)nn1-c1ccccc1)C(=O)C(c1ccccc1)c1ccccc1. The molecule has 1 heterocycles. The Morgan fingerprint density at radius 3 is 1.80 bits per heavy atom. The van der Waals surface area contributed by atoms with Gasteiger partial charge in [0.05, 0.1) is 23.8 Å². The van der Waals surface area contributed by atoms with Crippen molar-refractivity contribution in [3.63, 3.8) is 0 Å². The number of aromatic nitrogens is 2. The highest BCUT2D eigenvalue weighted by Crippen LogP contribution is 2.28. The van der Waals surface area contributed by atoms with E-state index < -0.39 is 5.92 Å². The topological polar surface area (TPSA) is 67.2 Å². The number of carbonyl (C=O) groups is 2. The van der Waals surface area contributed by atoms with Crippen LogP contribution in [0.2, 0.25) is 0 Å². The van der Waals surface area contributed by atoms with Crippen molar-refractivity contribution in [2.75, 3.05) is 18.4 Å². The minimum Gasteiger partial charge on any atom is -0.332 e. The number of para-hydroxylation sites is 1. The number of hydrogen-bond donors (Lipinski definition) is 1. The third-order valence-electron chi connectivity index (χ3n) is 6.79. The van der Waals surface area contributed by atoms with Crippen LogP contribution in [0.25, 0.3) is 16.9 Å². The number of anilines is 1. The molecular formula is C35H34N4O2. The molecule has 5 rings (SSSR count). The van der Waals surface area contributed by atoms with E-state index in [1.807, 2.05) is 127 Å². The normalized spacial score (nSPS) is 11.0. The summed E-state index contributed by atoms with van der Waals surface area (Å²) in [5, 5.41) is 7.84. The third kappa shape index (κ3) is 6.79. The van der Waals surface area contributed by atoms with E-state index in [0.717, 1.165) is 28.1 Å². The van der Waals surface area contributed by atoms with Gasteiger partial charge in [0, 0.05) is 18.2 Å². The lowest BCUT2D eigenvalue weighted by atomic mass is 9.89. The molecule has 0 spiro atoms. The molecule has 0 saturated heterocycles. The standard InChI is InChI=1S/C35H34N4O2/c1-26(2)24-38(35(41)34(28-17-9-4-10-18-28)29-19-11-5-12-20-29)25-33(40)36-32-23-31(27-15-7-3-8-16-27)37-39(32)30-21-13-6-14-22-30/h3-23,26,34H,24-25H2,1-2H3,(H,36,40). The summed E-state index contributed by atoms with van der Waals surface area (Å²) in [7, 11) is 0. The number of hydrogen-bond acceptors (Lipinski definition) is 3. The van der Waals surface area contributed by atoms with Gasteiger partial charge in [0.1, 0.15) is 5.82 Å². The van der Waals surface area contributed by atoms with Crippen LogP contribution < -0.4 is 5.32 Å². The molecule has 1 aromatic heterocycles. The Bertz CT molecular complexity index is 1530. The van der Waals surface area contributed by atoms with Gasteiger partial charge in [-0.3, -0.25) is 9.59 Å². The Labute approximate surface area is 241 Å². The molecule has 6 nitrogen and oxygen atoms in total. The van der Waals surface area contributed by atoms with Gasteiger partial charge in [0.25, 0.3) is 0 Å². The Morgan fingerprint density at radius 1 is 0.756 bits per heavy atom. The summed E-state index contributed by atoms with van der Waals surface area (Å²) in [5.41, 5.74) is 4.31. The van der Waals surface area contributed by atoms with Crippen LogP contribution in [0, 0.1) is 5.92 Å². The van der Waals surface area contributed by atoms with Gasteiger partial charge < -0.3 is 10.2 Å². The lowest BCUT2D eigenvalue weighted by Gasteiger charge is -2.29. The van der Waals surface area contributed by atoms with Crippen molar-refractivity contribution in [2.24, 2.45) is 5.92 Å². The summed E-state index contributed by atoms with van der Waals surface area (Å²) in [5.74, 6) is -0.176. The van der Waals surface area contributed by atoms with Gasteiger partial charge in [-0.15, -0.1) is 0 Å². The highest BCUT2D eigenvalue weighted by molar-refractivity contribution is 5.96. The van der Waals surface area contributed by atoms with Gasteiger partial charge in [-0.25, -0.2) is 4.68 Å². The lowest BCUT2D eigenvalue weighted by Crippen LogP contribution is -2.43. The van der Waals surface area contributed by atoms with Gasteiger partial charge in [-0.1, -0.05) is 123 Å². The van der Waals surface area contributed by atoms with E-state index >= 15 is 0 Å². The van der Waals surface area contributed by atoms with E-state index in [1.165, 1.54) is 0 Å². The number of nitrogens with one attached hydrogen (secondary N) is 1. The van der Waals surface area contributed by atoms with E-state index in [-0.39, 0.29) is 24.3 Å². The van der Waals surface area contributed by atoms with Crippen molar-refractivity contribution in [1.82, 2.24) is 14.7 Å². The molecule has 0 fully saturated rings. The minimum absolute atomic E-state index is 0.0756. The maximum atomic E-state index is 14.2. The highest BCUT2D eigenvalue weighted by atomic mass is 16.2. The Hall–Kier alpha value is -4.97. The average Bonchev–Trinajstić information content (AvgIpc) is 3.42. The van der Waals surface area contributed by atoms with Crippen LogP contribution in [0.5, 0.6) is 0 Å². The van der Waals surface area contributed by atoms with Crippen LogP contribution >= 0.6 is 0 Å². The molecule has 2 amide bonds. The number of carbonyl (C=O) groups excluding carboxylic acids is 2. The van der Waals surface area contributed by atoms with Crippen LogP contribution in [0.15, 0.2) is 127 Å². The highest BCUT2D eigenvalue weighted by Gasteiger charge is 2.29. The molecule has 0 saturated carbocycles. The number of rotatable bonds is 10. The second-order valence-electron chi connectivity index (χ2n) is 10.4. The summed E-state index contributed by atoms with van der Waals surface area (Å²) in [6, 6.07) is 40.9. The second-order valence-corrected chi connectivity index (χ2v) is 10.4. The van der Waals surface area contributed by atoms with Crippen molar-refractivity contribution in [3.8, 4) is 16.9 Å². The number of benzene rings is 4. The Morgan fingerprint density at radius 2 is 1.27 bits per heavy atom. The number of nitrogens with zero attached hydrogens (tertiary/aromatic N) is 3. The van der Waals surface area contributed by atoms with Gasteiger partial charge in [0.2, 0.25) is 11.8 Å². The van der Waals surface area contributed by atoms with Gasteiger partial charge >= 0.3 is 0 Å². The van der Waals surface area contributed by atoms with Crippen molar-refractivity contribution < 1.29 is 9.59 Å². The minimum atomic E-state index is -0.511. The zero-order chi connectivity index (χ0) is 28.6. The largest absolute Gasteiger partial charge is 0.332 e. The first-order valence-electron chi connectivity index (χ1n) is 13.9. The lowest BCUT2D eigenvalue weighted by molar-refractivity contribution is -0.135. The van der Waals surface area contributed by atoms with Crippen molar-refractivity contribution in [2.45, 2.75) is 19.8 Å². The molecular weight excluding hydrogens is 508 g/mol. The van der Waals surface area contributed by atoms with Crippen LogP contribution in [0.1, 0.15) is 30.9 Å². The Balaban J connectivity index is 1.44. The maximum Gasteiger partial charge on any atom is 0.245 e. The average molecular weight is 543 g/mol. The van der Waals surface area contributed by atoms with Crippen molar-refractivity contribution >= 4 is 17.6 Å². The molecule has 0 unspecified atom stereocenters.